The summed E-state index contributed by atoms with van der Waals surface area (Å²) in [5, 5.41) is 0. The van der Waals surface area contributed by atoms with Crippen LogP contribution in [0.1, 0.15) is 26.7 Å². The van der Waals surface area contributed by atoms with Gasteiger partial charge in [-0.25, -0.2) is 9.59 Å². The molecule has 4 unspecified atom stereocenters. The topological polar surface area (TPSA) is 86.9 Å². The average molecular weight is 354 g/mol. The molecule has 0 aromatic rings. The SMILES string of the molecule is C=C(C)C(=O)OCCC(OC(CCOC(=O)C(=C)C)C1CO1)C1CO1. The summed E-state index contributed by atoms with van der Waals surface area (Å²) in [6, 6.07) is 0. The standard InChI is InChI=1S/C18H26O7/c1-11(2)17(19)21-7-5-13(15-9-23-15)25-14(16-10-24-16)6-8-22-18(20)12(3)4/h13-16H,1,3,5-10H2,2,4H3. The van der Waals surface area contributed by atoms with E-state index in [1.54, 1.807) is 13.8 Å². The first-order valence-electron chi connectivity index (χ1n) is 8.42. The van der Waals surface area contributed by atoms with Gasteiger partial charge in [-0.15, -0.1) is 0 Å². The average Bonchev–Trinajstić information content (AvgIpc) is 3.44. The third kappa shape index (κ3) is 6.97. The number of carbonyl (C=O) groups excluding carboxylic acids is 2. The van der Waals surface area contributed by atoms with Gasteiger partial charge in [0.1, 0.15) is 12.2 Å². The van der Waals surface area contributed by atoms with Gasteiger partial charge in [0.2, 0.25) is 0 Å². The van der Waals surface area contributed by atoms with Crippen LogP contribution in [0.5, 0.6) is 0 Å². The molecule has 2 fully saturated rings. The van der Waals surface area contributed by atoms with Crippen LogP contribution in [0.3, 0.4) is 0 Å². The van der Waals surface area contributed by atoms with Crippen LogP contribution in [-0.4, -0.2) is 62.8 Å². The Morgan fingerprint density at radius 3 is 1.56 bits per heavy atom. The van der Waals surface area contributed by atoms with Crippen molar-refractivity contribution in [3.05, 3.63) is 24.3 Å². The summed E-state index contributed by atoms with van der Waals surface area (Å²) in [5.74, 6) is -0.825. The number of ether oxygens (including phenoxy) is 5. The molecule has 0 radical (unpaired) electrons. The summed E-state index contributed by atoms with van der Waals surface area (Å²) >= 11 is 0. The van der Waals surface area contributed by atoms with Crippen LogP contribution in [0, 0.1) is 0 Å². The van der Waals surface area contributed by atoms with Crippen molar-refractivity contribution in [2.75, 3.05) is 26.4 Å². The molecule has 2 aliphatic rings. The van der Waals surface area contributed by atoms with Crippen molar-refractivity contribution in [3.8, 4) is 0 Å². The summed E-state index contributed by atoms with van der Waals surface area (Å²) < 4.78 is 27.0. The van der Waals surface area contributed by atoms with Gasteiger partial charge >= 0.3 is 11.9 Å². The molecular weight excluding hydrogens is 328 g/mol. The van der Waals surface area contributed by atoms with Crippen LogP contribution in [0.15, 0.2) is 24.3 Å². The lowest BCUT2D eigenvalue weighted by Crippen LogP contribution is -2.32. The molecule has 2 saturated heterocycles. The molecule has 0 bridgehead atoms. The fourth-order valence-electron chi connectivity index (χ4n) is 2.23. The maximum absolute atomic E-state index is 11.4. The molecule has 0 aliphatic carbocycles. The lowest BCUT2D eigenvalue weighted by Gasteiger charge is -2.23. The fourth-order valence-corrected chi connectivity index (χ4v) is 2.23. The summed E-state index contributed by atoms with van der Waals surface area (Å²) in [5.41, 5.74) is 0.729. The van der Waals surface area contributed by atoms with Crippen molar-refractivity contribution in [2.45, 2.75) is 51.1 Å². The molecule has 0 aromatic carbocycles. The number of hydrogen-bond acceptors (Lipinski definition) is 7. The predicted octanol–water partition coefficient (Wildman–Crippen LogP) is 1.56. The first-order valence-corrected chi connectivity index (χ1v) is 8.42. The highest BCUT2D eigenvalue weighted by Gasteiger charge is 2.40. The van der Waals surface area contributed by atoms with Gasteiger partial charge in [-0.05, 0) is 13.8 Å². The Labute approximate surface area is 147 Å². The number of hydrogen-bond donors (Lipinski definition) is 0. The molecule has 0 spiro atoms. The van der Waals surface area contributed by atoms with E-state index in [1.165, 1.54) is 0 Å². The second kappa shape index (κ2) is 9.12. The Morgan fingerprint density at radius 1 is 0.920 bits per heavy atom. The first-order chi connectivity index (χ1) is 11.9. The molecule has 4 atom stereocenters. The lowest BCUT2D eigenvalue weighted by molar-refractivity contribution is -0.141. The molecule has 2 rings (SSSR count). The van der Waals surface area contributed by atoms with Gasteiger partial charge in [0.25, 0.3) is 0 Å². The monoisotopic (exact) mass is 354 g/mol. The highest BCUT2D eigenvalue weighted by Crippen LogP contribution is 2.27. The van der Waals surface area contributed by atoms with Crippen molar-refractivity contribution in [2.24, 2.45) is 0 Å². The second-order valence-corrected chi connectivity index (χ2v) is 6.37. The van der Waals surface area contributed by atoms with Crippen LogP contribution in [0.4, 0.5) is 0 Å². The van der Waals surface area contributed by atoms with E-state index in [9.17, 15) is 9.59 Å². The maximum Gasteiger partial charge on any atom is 0.333 e. The van der Waals surface area contributed by atoms with E-state index in [0.717, 1.165) is 0 Å². The van der Waals surface area contributed by atoms with Gasteiger partial charge in [0.05, 0.1) is 38.6 Å². The second-order valence-electron chi connectivity index (χ2n) is 6.37. The van der Waals surface area contributed by atoms with Crippen LogP contribution < -0.4 is 0 Å². The van der Waals surface area contributed by atoms with E-state index in [0.29, 0.717) is 37.2 Å². The minimum absolute atomic E-state index is 0.00255. The number of carbonyl (C=O) groups is 2. The van der Waals surface area contributed by atoms with Crippen LogP contribution in [0.2, 0.25) is 0 Å². The lowest BCUT2D eigenvalue weighted by atomic mass is 10.1. The number of rotatable bonds is 12. The van der Waals surface area contributed by atoms with Gasteiger partial charge in [-0.2, -0.15) is 0 Å². The number of esters is 2. The smallest absolute Gasteiger partial charge is 0.333 e. The number of epoxide rings is 2. The van der Waals surface area contributed by atoms with Gasteiger partial charge in [-0.3, -0.25) is 0 Å². The summed E-state index contributed by atoms with van der Waals surface area (Å²) in [6.07, 6.45) is 0.676. The normalized spacial score (nSPS) is 23.3. The van der Waals surface area contributed by atoms with Crippen molar-refractivity contribution in [3.63, 3.8) is 0 Å². The van der Waals surface area contributed by atoms with E-state index in [1.807, 2.05) is 0 Å². The summed E-state index contributed by atoms with van der Waals surface area (Å²) in [6.45, 7) is 12.0. The van der Waals surface area contributed by atoms with Crippen molar-refractivity contribution < 1.29 is 33.3 Å². The molecule has 2 heterocycles. The molecule has 0 aromatic heterocycles. The van der Waals surface area contributed by atoms with Crippen molar-refractivity contribution >= 4 is 11.9 Å². The Balaban J connectivity index is 1.76. The summed E-state index contributed by atoms with van der Waals surface area (Å²) in [4.78, 5) is 22.9. The van der Waals surface area contributed by atoms with Gasteiger partial charge in [0, 0.05) is 24.0 Å². The third-order valence-corrected chi connectivity index (χ3v) is 3.87. The zero-order valence-electron chi connectivity index (χ0n) is 14.8. The van der Waals surface area contributed by atoms with E-state index in [4.69, 9.17) is 23.7 Å². The fraction of sp³-hybridized carbons (Fsp3) is 0.667. The van der Waals surface area contributed by atoms with E-state index < -0.39 is 11.9 Å². The predicted molar refractivity (Wildman–Crippen MR) is 88.9 cm³/mol. The molecule has 7 nitrogen and oxygen atoms in total. The molecule has 2 aliphatic heterocycles. The molecule has 0 saturated carbocycles. The van der Waals surface area contributed by atoms with Crippen LogP contribution in [0.25, 0.3) is 0 Å². The van der Waals surface area contributed by atoms with Gasteiger partial charge in [-0.1, -0.05) is 13.2 Å². The largest absolute Gasteiger partial charge is 0.462 e. The van der Waals surface area contributed by atoms with Crippen LogP contribution in [-0.2, 0) is 33.3 Å². The van der Waals surface area contributed by atoms with E-state index in [-0.39, 0.29) is 37.6 Å². The molecule has 0 N–H and O–H groups in total. The highest BCUT2D eigenvalue weighted by atomic mass is 16.6. The Hall–Kier alpha value is -1.70. The van der Waals surface area contributed by atoms with Crippen molar-refractivity contribution in [1.29, 1.82) is 0 Å². The van der Waals surface area contributed by atoms with E-state index in [2.05, 4.69) is 13.2 Å². The Morgan fingerprint density at radius 2 is 1.28 bits per heavy atom. The maximum atomic E-state index is 11.4. The highest BCUT2D eigenvalue weighted by molar-refractivity contribution is 5.87. The summed E-state index contributed by atoms with van der Waals surface area (Å²) in [7, 11) is 0. The van der Waals surface area contributed by atoms with Crippen LogP contribution >= 0.6 is 0 Å². The minimum Gasteiger partial charge on any atom is -0.462 e. The molecule has 7 heteroatoms. The zero-order valence-corrected chi connectivity index (χ0v) is 14.8. The van der Waals surface area contributed by atoms with Crippen molar-refractivity contribution in [1.82, 2.24) is 0 Å². The minimum atomic E-state index is -0.413. The molecule has 0 amide bonds. The Kier molecular flexibility index (Phi) is 7.16. The van der Waals surface area contributed by atoms with Gasteiger partial charge < -0.3 is 23.7 Å². The quantitative estimate of drug-likeness (QED) is 0.298. The van der Waals surface area contributed by atoms with E-state index >= 15 is 0 Å². The van der Waals surface area contributed by atoms with Gasteiger partial charge in [0.15, 0.2) is 0 Å². The third-order valence-electron chi connectivity index (χ3n) is 3.87. The molecular formula is C18H26O7. The molecule has 140 valence electrons. The molecule has 25 heavy (non-hydrogen) atoms. The first kappa shape index (κ1) is 19.6. The zero-order chi connectivity index (χ0) is 18.4. The Bertz CT molecular complexity index is 474.